The standard InChI is InChI=1S/C9H9N3O2/c1-7-4-12-8(5-11-7)14-6-9-10-2-3-13-9/h2-5H,6H2,1H3. The summed E-state index contributed by atoms with van der Waals surface area (Å²) in [5, 5.41) is 0. The minimum absolute atomic E-state index is 0.269. The van der Waals surface area contributed by atoms with Crippen LogP contribution in [-0.2, 0) is 6.61 Å². The highest BCUT2D eigenvalue weighted by atomic mass is 16.5. The molecule has 72 valence electrons. The molecule has 5 nitrogen and oxygen atoms in total. The first kappa shape index (κ1) is 8.68. The van der Waals surface area contributed by atoms with Gasteiger partial charge in [-0.25, -0.2) is 9.97 Å². The van der Waals surface area contributed by atoms with Crippen LogP contribution in [0.15, 0.2) is 29.3 Å². The van der Waals surface area contributed by atoms with Gasteiger partial charge in [0.05, 0.1) is 24.3 Å². The molecule has 0 saturated heterocycles. The van der Waals surface area contributed by atoms with Gasteiger partial charge < -0.3 is 9.15 Å². The van der Waals surface area contributed by atoms with E-state index in [-0.39, 0.29) is 6.61 Å². The van der Waals surface area contributed by atoms with Gasteiger partial charge in [-0.1, -0.05) is 0 Å². The summed E-state index contributed by atoms with van der Waals surface area (Å²) in [6, 6.07) is 0. The SMILES string of the molecule is Cc1cnc(OCc2ncco2)cn1. The lowest BCUT2D eigenvalue weighted by Crippen LogP contribution is -1.98. The molecule has 5 heteroatoms. The van der Waals surface area contributed by atoms with E-state index in [2.05, 4.69) is 15.0 Å². The molecule has 0 atom stereocenters. The summed E-state index contributed by atoms with van der Waals surface area (Å²) in [4.78, 5) is 12.0. The van der Waals surface area contributed by atoms with Crippen molar-refractivity contribution in [3.8, 4) is 5.88 Å². The zero-order valence-electron chi connectivity index (χ0n) is 7.67. The average Bonchev–Trinajstić information content (AvgIpc) is 2.70. The molecule has 0 aromatic carbocycles. The van der Waals surface area contributed by atoms with Crippen LogP contribution in [-0.4, -0.2) is 15.0 Å². The van der Waals surface area contributed by atoms with Gasteiger partial charge in [0.15, 0.2) is 6.61 Å². The average molecular weight is 191 g/mol. The molecule has 0 amide bonds. The molecule has 2 heterocycles. The summed E-state index contributed by atoms with van der Waals surface area (Å²) in [5.41, 5.74) is 0.855. The predicted molar refractivity (Wildman–Crippen MR) is 47.6 cm³/mol. The second-order valence-electron chi connectivity index (χ2n) is 2.71. The minimum Gasteiger partial charge on any atom is -0.467 e. The Morgan fingerprint density at radius 3 is 2.86 bits per heavy atom. The van der Waals surface area contributed by atoms with Gasteiger partial charge in [-0.2, -0.15) is 0 Å². The zero-order valence-corrected chi connectivity index (χ0v) is 7.67. The van der Waals surface area contributed by atoms with E-state index in [1.807, 2.05) is 6.92 Å². The van der Waals surface area contributed by atoms with E-state index in [1.165, 1.54) is 6.26 Å². The number of nitrogens with zero attached hydrogens (tertiary/aromatic N) is 3. The third-order valence-electron chi connectivity index (χ3n) is 1.58. The van der Waals surface area contributed by atoms with E-state index in [9.17, 15) is 0 Å². The highest BCUT2D eigenvalue weighted by Gasteiger charge is 2.00. The van der Waals surface area contributed by atoms with Gasteiger partial charge in [-0.15, -0.1) is 0 Å². The summed E-state index contributed by atoms with van der Waals surface area (Å²) in [6.07, 6.45) is 6.28. The van der Waals surface area contributed by atoms with E-state index >= 15 is 0 Å². The van der Waals surface area contributed by atoms with Crippen molar-refractivity contribution in [3.05, 3.63) is 36.4 Å². The van der Waals surface area contributed by atoms with Gasteiger partial charge in [-0.3, -0.25) is 4.98 Å². The Labute approximate surface area is 80.8 Å². The lowest BCUT2D eigenvalue weighted by molar-refractivity contribution is 0.252. The molecule has 0 fully saturated rings. The molecule has 0 unspecified atom stereocenters. The van der Waals surface area contributed by atoms with Crippen molar-refractivity contribution in [2.45, 2.75) is 13.5 Å². The largest absolute Gasteiger partial charge is 0.467 e. The molecule has 0 aliphatic carbocycles. The highest BCUT2D eigenvalue weighted by Crippen LogP contribution is 2.06. The lowest BCUT2D eigenvalue weighted by atomic mass is 10.5. The number of ether oxygens (including phenoxy) is 1. The van der Waals surface area contributed by atoms with Crippen molar-refractivity contribution in [2.24, 2.45) is 0 Å². The van der Waals surface area contributed by atoms with Crippen LogP contribution in [0.5, 0.6) is 5.88 Å². The molecule has 0 spiro atoms. The number of rotatable bonds is 3. The van der Waals surface area contributed by atoms with Crippen LogP contribution in [0, 0.1) is 6.92 Å². The number of oxazole rings is 1. The van der Waals surface area contributed by atoms with Crippen molar-refractivity contribution >= 4 is 0 Å². The smallest absolute Gasteiger partial charge is 0.232 e. The molecule has 0 N–H and O–H groups in total. The number of hydrogen-bond acceptors (Lipinski definition) is 5. The molecular formula is C9H9N3O2. The first-order chi connectivity index (χ1) is 6.84. The molecule has 0 aliphatic rings. The quantitative estimate of drug-likeness (QED) is 0.732. The van der Waals surface area contributed by atoms with Gasteiger partial charge in [0, 0.05) is 0 Å². The predicted octanol–water partition coefficient (Wildman–Crippen LogP) is 1.35. The van der Waals surface area contributed by atoms with Gasteiger partial charge in [0.2, 0.25) is 11.8 Å². The molecule has 2 rings (SSSR count). The summed E-state index contributed by atoms with van der Waals surface area (Å²) < 4.78 is 10.3. The number of aromatic nitrogens is 3. The first-order valence-corrected chi connectivity index (χ1v) is 4.14. The second-order valence-corrected chi connectivity index (χ2v) is 2.71. The Bertz CT molecular complexity index is 383. The molecule has 14 heavy (non-hydrogen) atoms. The fourth-order valence-electron chi connectivity index (χ4n) is 0.915. The lowest BCUT2D eigenvalue weighted by Gasteiger charge is -2.00. The maximum absolute atomic E-state index is 5.28. The van der Waals surface area contributed by atoms with Gasteiger partial charge >= 0.3 is 0 Å². The number of aryl methyl sites for hydroxylation is 1. The van der Waals surface area contributed by atoms with Gasteiger partial charge in [0.25, 0.3) is 0 Å². The van der Waals surface area contributed by atoms with Crippen molar-refractivity contribution < 1.29 is 9.15 Å². The Kier molecular flexibility index (Phi) is 2.40. The second kappa shape index (κ2) is 3.87. The van der Waals surface area contributed by atoms with Gasteiger partial charge in [0.1, 0.15) is 6.26 Å². The third kappa shape index (κ3) is 2.07. The van der Waals surface area contributed by atoms with Crippen molar-refractivity contribution in [1.29, 1.82) is 0 Å². The Morgan fingerprint density at radius 2 is 2.21 bits per heavy atom. The summed E-state index contributed by atoms with van der Waals surface area (Å²) in [7, 11) is 0. The Morgan fingerprint density at radius 1 is 1.29 bits per heavy atom. The molecule has 0 aliphatic heterocycles. The topological polar surface area (TPSA) is 61.0 Å². The normalized spacial score (nSPS) is 10.1. The maximum Gasteiger partial charge on any atom is 0.232 e. The van der Waals surface area contributed by atoms with E-state index in [0.29, 0.717) is 11.8 Å². The highest BCUT2D eigenvalue weighted by molar-refractivity contribution is 5.05. The van der Waals surface area contributed by atoms with E-state index in [4.69, 9.17) is 9.15 Å². The van der Waals surface area contributed by atoms with Crippen LogP contribution in [0.4, 0.5) is 0 Å². The molecule has 2 aromatic heterocycles. The van der Waals surface area contributed by atoms with Crippen molar-refractivity contribution in [1.82, 2.24) is 15.0 Å². The fourth-order valence-corrected chi connectivity index (χ4v) is 0.915. The van der Waals surface area contributed by atoms with E-state index in [0.717, 1.165) is 5.69 Å². The van der Waals surface area contributed by atoms with Crippen molar-refractivity contribution in [2.75, 3.05) is 0 Å². The maximum atomic E-state index is 5.28. The molecular weight excluding hydrogens is 182 g/mol. The van der Waals surface area contributed by atoms with Crippen LogP contribution < -0.4 is 4.74 Å². The van der Waals surface area contributed by atoms with Crippen molar-refractivity contribution in [3.63, 3.8) is 0 Å². The Balaban J connectivity index is 1.95. The first-order valence-electron chi connectivity index (χ1n) is 4.14. The summed E-state index contributed by atoms with van der Waals surface area (Å²) in [6.45, 7) is 2.13. The van der Waals surface area contributed by atoms with Crippen LogP contribution in [0.2, 0.25) is 0 Å². The molecule has 0 saturated carbocycles. The molecule has 0 bridgehead atoms. The van der Waals surface area contributed by atoms with Crippen LogP contribution in [0.1, 0.15) is 11.6 Å². The third-order valence-corrected chi connectivity index (χ3v) is 1.58. The molecule has 0 radical (unpaired) electrons. The van der Waals surface area contributed by atoms with E-state index in [1.54, 1.807) is 18.6 Å². The molecule has 2 aromatic rings. The number of hydrogen-bond donors (Lipinski definition) is 0. The fraction of sp³-hybridized carbons (Fsp3) is 0.222. The monoisotopic (exact) mass is 191 g/mol. The summed E-state index contributed by atoms with van der Waals surface area (Å²) >= 11 is 0. The zero-order chi connectivity index (χ0) is 9.80. The van der Waals surface area contributed by atoms with Crippen LogP contribution in [0.25, 0.3) is 0 Å². The summed E-state index contributed by atoms with van der Waals surface area (Å²) in [5.74, 6) is 0.987. The van der Waals surface area contributed by atoms with Gasteiger partial charge in [-0.05, 0) is 6.92 Å². The van der Waals surface area contributed by atoms with Crippen LogP contribution >= 0.6 is 0 Å². The van der Waals surface area contributed by atoms with Crippen LogP contribution in [0.3, 0.4) is 0 Å². The van der Waals surface area contributed by atoms with E-state index < -0.39 is 0 Å². The Hall–Kier alpha value is -1.91. The minimum atomic E-state index is 0.269.